The topological polar surface area (TPSA) is 33.3 Å². The highest BCUT2D eigenvalue weighted by atomic mass is 32.1. The molecule has 2 rings (SSSR count). The summed E-state index contributed by atoms with van der Waals surface area (Å²) in [5.74, 6) is 0.891. The van der Waals surface area contributed by atoms with Gasteiger partial charge in [-0.2, -0.15) is 0 Å². The lowest BCUT2D eigenvalue weighted by atomic mass is 10.1. The summed E-state index contributed by atoms with van der Waals surface area (Å²) in [5, 5.41) is 6.85. The van der Waals surface area contributed by atoms with Crippen LogP contribution >= 0.6 is 12.2 Å². The van der Waals surface area contributed by atoms with Crippen LogP contribution in [-0.4, -0.2) is 18.3 Å². The van der Waals surface area contributed by atoms with Crippen molar-refractivity contribution in [1.82, 2.24) is 5.32 Å². The normalized spacial score (nSPS) is 10.0. The van der Waals surface area contributed by atoms with Crippen molar-refractivity contribution in [3.63, 3.8) is 0 Å². The fourth-order valence-electron chi connectivity index (χ4n) is 1.83. The average molecular weight is 300 g/mol. The molecule has 110 valence electrons. The molecule has 0 aliphatic rings. The first-order valence-electron chi connectivity index (χ1n) is 6.95. The second-order valence-corrected chi connectivity index (χ2v) is 5.25. The monoisotopic (exact) mass is 300 g/mol. The number of rotatable bonds is 5. The van der Waals surface area contributed by atoms with Crippen molar-refractivity contribution < 1.29 is 4.74 Å². The van der Waals surface area contributed by atoms with E-state index < -0.39 is 0 Å². The molecule has 0 unspecified atom stereocenters. The molecule has 3 nitrogen and oxygen atoms in total. The second-order valence-electron chi connectivity index (χ2n) is 4.84. The van der Waals surface area contributed by atoms with Crippen molar-refractivity contribution in [3.05, 3.63) is 59.7 Å². The molecule has 2 aromatic carbocycles. The predicted molar refractivity (Wildman–Crippen MR) is 92.1 cm³/mol. The summed E-state index contributed by atoms with van der Waals surface area (Å²) in [6.45, 7) is 5.40. The number of para-hydroxylation sites is 1. The predicted octanol–water partition coefficient (Wildman–Crippen LogP) is 3.67. The molecule has 21 heavy (non-hydrogen) atoms. The quantitative estimate of drug-likeness (QED) is 0.652. The Hall–Kier alpha value is -2.07. The summed E-state index contributed by atoms with van der Waals surface area (Å²) in [6, 6.07) is 16.0. The van der Waals surface area contributed by atoms with Crippen LogP contribution in [-0.2, 0) is 0 Å². The summed E-state index contributed by atoms with van der Waals surface area (Å²) in [7, 11) is 0. The van der Waals surface area contributed by atoms with E-state index in [-0.39, 0.29) is 0 Å². The third kappa shape index (κ3) is 5.08. The molecule has 0 atom stereocenters. The van der Waals surface area contributed by atoms with Crippen LogP contribution in [0.1, 0.15) is 11.1 Å². The Morgan fingerprint density at radius 3 is 2.52 bits per heavy atom. The maximum Gasteiger partial charge on any atom is 0.170 e. The van der Waals surface area contributed by atoms with Crippen molar-refractivity contribution in [2.75, 3.05) is 18.5 Å². The number of aryl methyl sites for hydroxylation is 2. The van der Waals surface area contributed by atoms with Gasteiger partial charge in [-0.3, -0.25) is 0 Å². The minimum Gasteiger partial charge on any atom is -0.492 e. The van der Waals surface area contributed by atoms with Gasteiger partial charge in [0, 0.05) is 5.69 Å². The molecule has 0 amide bonds. The van der Waals surface area contributed by atoms with Crippen molar-refractivity contribution in [3.8, 4) is 5.75 Å². The van der Waals surface area contributed by atoms with Gasteiger partial charge in [0.1, 0.15) is 12.4 Å². The number of hydrogen-bond donors (Lipinski definition) is 2. The highest BCUT2D eigenvalue weighted by Gasteiger charge is 1.99. The zero-order valence-corrected chi connectivity index (χ0v) is 13.2. The Morgan fingerprint density at radius 2 is 1.81 bits per heavy atom. The van der Waals surface area contributed by atoms with Gasteiger partial charge in [-0.25, -0.2) is 0 Å². The van der Waals surface area contributed by atoms with E-state index in [2.05, 4.69) is 36.6 Å². The van der Waals surface area contributed by atoms with E-state index in [1.807, 2.05) is 36.4 Å². The van der Waals surface area contributed by atoms with Gasteiger partial charge in [-0.05, 0) is 61.5 Å². The van der Waals surface area contributed by atoms with Crippen LogP contribution in [0.4, 0.5) is 5.69 Å². The summed E-state index contributed by atoms with van der Waals surface area (Å²) < 4.78 is 5.69. The lowest BCUT2D eigenvalue weighted by Gasteiger charge is -2.12. The molecule has 0 spiro atoms. The number of hydrogen-bond acceptors (Lipinski definition) is 2. The molecule has 0 bridgehead atoms. The minimum atomic E-state index is 0.569. The van der Waals surface area contributed by atoms with Gasteiger partial charge in [-0.15, -0.1) is 0 Å². The smallest absolute Gasteiger partial charge is 0.170 e. The molecule has 0 aliphatic heterocycles. The van der Waals surface area contributed by atoms with Gasteiger partial charge in [0.2, 0.25) is 0 Å². The van der Waals surface area contributed by atoms with E-state index in [4.69, 9.17) is 17.0 Å². The van der Waals surface area contributed by atoms with Crippen LogP contribution in [0.5, 0.6) is 5.75 Å². The van der Waals surface area contributed by atoms with Gasteiger partial charge >= 0.3 is 0 Å². The summed E-state index contributed by atoms with van der Waals surface area (Å²) in [4.78, 5) is 0. The van der Waals surface area contributed by atoms with Crippen LogP contribution < -0.4 is 15.4 Å². The van der Waals surface area contributed by atoms with Crippen LogP contribution in [0.15, 0.2) is 48.5 Å². The molecule has 4 heteroatoms. The van der Waals surface area contributed by atoms with E-state index in [1.165, 1.54) is 11.1 Å². The van der Waals surface area contributed by atoms with E-state index in [0.29, 0.717) is 18.3 Å². The molecule has 0 saturated carbocycles. The third-order valence-electron chi connectivity index (χ3n) is 3.17. The van der Waals surface area contributed by atoms with E-state index in [1.54, 1.807) is 0 Å². The molecule has 0 fully saturated rings. The Labute approximate surface area is 131 Å². The minimum absolute atomic E-state index is 0.569. The molecule has 0 radical (unpaired) electrons. The molecule has 0 heterocycles. The lowest BCUT2D eigenvalue weighted by Crippen LogP contribution is -2.31. The number of benzene rings is 2. The maximum atomic E-state index is 5.69. The van der Waals surface area contributed by atoms with Gasteiger partial charge in [0.15, 0.2) is 5.11 Å². The SMILES string of the molecule is Cc1ccc(OCCNC(=S)Nc2ccccc2)cc1C. The number of thiocarbonyl (C=S) groups is 1. The largest absolute Gasteiger partial charge is 0.492 e. The van der Waals surface area contributed by atoms with Crippen LogP contribution in [0.3, 0.4) is 0 Å². The number of nitrogens with one attached hydrogen (secondary N) is 2. The molecule has 0 aliphatic carbocycles. The van der Waals surface area contributed by atoms with Gasteiger partial charge in [0.25, 0.3) is 0 Å². The Morgan fingerprint density at radius 1 is 1.05 bits per heavy atom. The first-order valence-corrected chi connectivity index (χ1v) is 7.36. The second kappa shape index (κ2) is 7.64. The van der Waals surface area contributed by atoms with Crippen molar-refractivity contribution in [1.29, 1.82) is 0 Å². The summed E-state index contributed by atoms with van der Waals surface area (Å²) in [6.07, 6.45) is 0. The van der Waals surface area contributed by atoms with Crippen LogP contribution in [0, 0.1) is 13.8 Å². The fourth-order valence-corrected chi connectivity index (χ4v) is 2.05. The fraction of sp³-hybridized carbons (Fsp3) is 0.235. The molecular formula is C17H20N2OS. The van der Waals surface area contributed by atoms with Crippen molar-refractivity contribution >= 4 is 23.0 Å². The molecular weight excluding hydrogens is 280 g/mol. The highest BCUT2D eigenvalue weighted by Crippen LogP contribution is 2.16. The molecule has 2 aromatic rings. The maximum absolute atomic E-state index is 5.69. The van der Waals surface area contributed by atoms with Gasteiger partial charge in [-0.1, -0.05) is 24.3 Å². The van der Waals surface area contributed by atoms with Gasteiger partial charge in [0.05, 0.1) is 6.54 Å². The Kier molecular flexibility index (Phi) is 5.58. The average Bonchev–Trinajstić information content (AvgIpc) is 2.48. The Bertz CT molecular complexity index is 599. The van der Waals surface area contributed by atoms with Crippen molar-refractivity contribution in [2.24, 2.45) is 0 Å². The molecule has 0 aromatic heterocycles. The third-order valence-corrected chi connectivity index (χ3v) is 3.41. The van der Waals surface area contributed by atoms with Crippen LogP contribution in [0.2, 0.25) is 0 Å². The summed E-state index contributed by atoms with van der Waals surface area (Å²) >= 11 is 5.23. The highest BCUT2D eigenvalue weighted by molar-refractivity contribution is 7.80. The zero-order valence-electron chi connectivity index (χ0n) is 12.3. The molecule has 2 N–H and O–H groups in total. The van der Waals surface area contributed by atoms with Crippen molar-refractivity contribution in [2.45, 2.75) is 13.8 Å². The standard InChI is InChI=1S/C17H20N2OS/c1-13-8-9-16(12-14(13)2)20-11-10-18-17(21)19-15-6-4-3-5-7-15/h3-9,12H,10-11H2,1-2H3,(H2,18,19,21). The van der Waals surface area contributed by atoms with E-state index in [0.717, 1.165) is 11.4 Å². The number of anilines is 1. The van der Waals surface area contributed by atoms with E-state index in [9.17, 15) is 0 Å². The first kappa shape index (κ1) is 15.3. The summed E-state index contributed by atoms with van der Waals surface area (Å²) in [5.41, 5.74) is 3.49. The van der Waals surface area contributed by atoms with Gasteiger partial charge < -0.3 is 15.4 Å². The lowest BCUT2D eigenvalue weighted by molar-refractivity contribution is 0.322. The van der Waals surface area contributed by atoms with Crippen LogP contribution in [0.25, 0.3) is 0 Å². The number of ether oxygens (including phenoxy) is 1. The first-order chi connectivity index (χ1) is 10.1. The zero-order chi connectivity index (χ0) is 15.1. The molecule has 0 saturated heterocycles. The Balaban J connectivity index is 1.69. The van der Waals surface area contributed by atoms with E-state index >= 15 is 0 Å².